The molecule has 0 aromatic rings. The lowest BCUT2D eigenvalue weighted by molar-refractivity contribution is -0.246. The first-order valence-electron chi connectivity index (χ1n) is 42.1. The number of carbonyl (C=O) groups is 4. The number of ether oxygens (including phenoxy) is 6. The third kappa shape index (κ3) is 53.8. The number of hydrogen-bond acceptors (Lipinski definition) is 12. The Labute approximate surface area is 606 Å². The fourth-order valence-electron chi connectivity index (χ4n) is 13.8. The van der Waals surface area contributed by atoms with E-state index in [0.29, 0.717) is 19.8 Å². The molecule has 580 valence electrons. The summed E-state index contributed by atoms with van der Waals surface area (Å²) in [4.78, 5) is 57.7. The van der Waals surface area contributed by atoms with Gasteiger partial charge in [0.15, 0.2) is 12.3 Å². The number of amides is 3. The predicted molar refractivity (Wildman–Crippen MR) is 411 cm³/mol. The first kappa shape index (κ1) is 94.0. The molecule has 4 N–H and O–H groups in total. The Hall–Kier alpha value is -1.97. The fraction of sp³-hybridized carbons (Fsp3) is 0.951. The van der Waals surface area contributed by atoms with Gasteiger partial charge in [-0.2, -0.15) is 0 Å². The highest BCUT2D eigenvalue weighted by molar-refractivity contribution is 7.09. The zero-order valence-corrected chi connectivity index (χ0v) is 66.2. The van der Waals surface area contributed by atoms with Crippen molar-refractivity contribution >= 4 is 33.2 Å². The van der Waals surface area contributed by atoms with Crippen LogP contribution >= 0.6 is 9.47 Å². The van der Waals surface area contributed by atoms with Crippen LogP contribution < -0.4 is 16.0 Å². The van der Waals surface area contributed by atoms with Crippen molar-refractivity contribution in [1.29, 1.82) is 0 Å². The molecule has 0 aromatic heterocycles. The van der Waals surface area contributed by atoms with Crippen molar-refractivity contribution in [3.63, 3.8) is 0 Å². The van der Waals surface area contributed by atoms with Crippen LogP contribution in [0.5, 0.6) is 0 Å². The minimum absolute atomic E-state index is 0.0678. The zero-order chi connectivity index (χ0) is 71.4. The Balaban J connectivity index is 3.63. The zero-order valence-electron chi connectivity index (χ0n) is 65.1. The SMILES string of the molecule is CCCCCCCCCCC[C@H](CC(=O)N[C@H]1[C@H](OC[C@H](NC(=O)C[C@@H](CCCCCCCCCCC)OCCCCCCCCCC)C(=O)OC)O[C@H](CO)[C@@H](OP)[C@H]1NC(=O)C[C@@H](CCCCCCCCCCC)OCCCCCCCCCC)OCCCCCCCCCC. The standard InChI is InChI=1S/C82H160N3O12P/c1-8-14-20-26-32-38-41-47-53-59-70(92-62-56-50-44-35-29-23-17-11-4)65-75(87)83-73(81(90)91-7)69-95-82-79(85-77(89)67-72(61-55-49-43-40-34-28-22-16-10-3)94-64-58-52-46-37-31-25-19-13-6)78(80(97-98)74(68-86)96-82)84-76(88)66-71(60-54-48-42-39-33-27-21-15-9-2)93-63-57-51-45-36-30-24-18-12-5/h70-74,78-80,82,86H,8-69,98H2,1-7H3,(H,83,87)(H,84,88)(H,85,89)/t70-,71-,72-,73+,74-,78+,79-,80-,82-/m1/s1. The quantitative estimate of drug-likeness (QED) is 0.0257. The number of nitrogens with one attached hydrogen (secondary N) is 3. The lowest BCUT2D eigenvalue weighted by atomic mass is 9.93. The summed E-state index contributed by atoms with van der Waals surface area (Å²) in [5, 5.41) is 20.5. The second kappa shape index (κ2) is 70.7. The highest BCUT2D eigenvalue weighted by atomic mass is 31.0. The Kier molecular flexibility index (Phi) is 67.8. The third-order valence-electron chi connectivity index (χ3n) is 20.1. The normalized spacial score (nSPS) is 17.6. The van der Waals surface area contributed by atoms with Gasteiger partial charge in [0.05, 0.1) is 63.9 Å². The second-order valence-corrected chi connectivity index (χ2v) is 29.6. The number of unbranched alkanes of at least 4 members (excludes halogenated alkanes) is 45. The molecule has 0 saturated carbocycles. The smallest absolute Gasteiger partial charge is 0.330 e. The van der Waals surface area contributed by atoms with E-state index in [-0.39, 0.29) is 61.9 Å². The summed E-state index contributed by atoms with van der Waals surface area (Å²) in [5.74, 6) is -1.67. The summed E-state index contributed by atoms with van der Waals surface area (Å²) < 4.78 is 44.2. The van der Waals surface area contributed by atoms with Crippen LogP contribution in [0.1, 0.15) is 408 Å². The van der Waals surface area contributed by atoms with E-state index >= 15 is 0 Å². The molecule has 1 heterocycles. The molecule has 0 aromatic carbocycles. The molecular weight excluding hydrogens is 1250 g/mol. The summed E-state index contributed by atoms with van der Waals surface area (Å²) in [7, 11) is 3.56. The molecule has 1 aliphatic heterocycles. The lowest BCUT2D eigenvalue weighted by Crippen LogP contribution is -2.70. The average Bonchev–Trinajstić information content (AvgIpc) is 0.789. The van der Waals surface area contributed by atoms with Crippen LogP contribution in [0.25, 0.3) is 0 Å². The van der Waals surface area contributed by atoms with Crippen molar-refractivity contribution in [2.75, 3.05) is 40.1 Å². The largest absolute Gasteiger partial charge is 0.467 e. The minimum atomic E-state index is -1.32. The topological polar surface area (TPSA) is 189 Å². The Bertz CT molecular complexity index is 1710. The number of carbonyl (C=O) groups excluding carboxylic acids is 4. The molecule has 0 aliphatic carbocycles. The van der Waals surface area contributed by atoms with E-state index in [4.69, 9.17) is 32.9 Å². The molecule has 10 atom stereocenters. The van der Waals surface area contributed by atoms with Gasteiger partial charge in [-0.3, -0.25) is 14.4 Å². The number of esters is 1. The lowest BCUT2D eigenvalue weighted by Gasteiger charge is -2.46. The molecule has 16 heteroatoms. The maximum absolute atomic E-state index is 14.9. The van der Waals surface area contributed by atoms with Crippen LogP contribution in [0.3, 0.4) is 0 Å². The Morgan fingerprint density at radius 1 is 0.388 bits per heavy atom. The highest BCUT2D eigenvalue weighted by Gasteiger charge is 2.49. The van der Waals surface area contributed by atoms with Crippen molar-refractivity contribution in [3.8, 4) is 0 Å². The molecule has 0 radical (unpaired) electrons. The summed E-state index contributed by atoms with van der Waals surface area (Å²) in [6, 6.07) is -3.30. The van der Waals surface area contributed by atoms with Gasteiger partial charge in [-0.15, -0.1) is 0 Å². The van der Waals surface area contributed by atoms with E-state index in [1.165, 1.54) is 238 Å². The highest BCUT2D eigenvalue weighted by Crippen LogP contribution is 2.29. The second-order valence-electron chi connectivity index (χ2n) is 29.4. The van der Waals surface area contributed by atoms with Crippen molar-refractivity contribution in [2.45, 2.75) is 462 Å². The van der Waals surface area contributed by atoms with Gasteiger partial charge in [0, 0.05) is 29.3 Å². The molecule has 98 heavy (non-hydrogen) atoms. The van der Waals surface area contributed by atoms with Gasteiger partial charge >= 0.3 is 5.97 Å². The van der Waals surface area contributed by atoms with Gasteiger partial charge in [0.25, 0.3) is 0 Å². The molecule has 1 rings (SSSR count). The number of hydrogen-bond donors (Lipinski definition) is 4. The van der Waals surface area contributed by atoms with Gasteiger partial charge < -0.3 is 54.0 Å². The summed E-state index contributed by atoms with van der Waals surface area (Å²) in [5.41, 5.74) is 0. The maximum atomic E-state index is 14.9. The molecule has 15 nitrogen and oxygen atoms in total. The molecule has 1 saturated heterocycles. The molecule has 1 fully saturated rings. The van der Waals surface area contributed by atoms with Crippen molar-refractivity contribution in [3.05, 3.63) is 0 Å². The maximum Gasteiger partial charge on any atom is 0.330 e. The first-order valence-corrected chi connectivity index (χ1v) is 42.6. The molecular formula is C82H160N3O12P. The third-order valence-corrected chi connectivity index (χ3v) is 20.4. The summed E-state index contributed by atoms with van der Waals surface area (Å²) >= 11 is 0. The van der Waals surface area contributed by atoms with E-state index in [1.807, 2.05) is 0 Å². The van der Waals surface area contributed by atoms with Crippen LogP contribution in [0, 0.1) is 0 Å². The van der Waals surface area contributed by atoms with Gasteiger partial charge in [-0.1, -0.05) is 350 Å². The molecule has 1 unspecified atom stereocenters. The van der Waals surface area contributed by atoms with E-state index in [1.54, 1.807) is 0 Å². The van der Waals surface area contributed by atoms with E-state index in [0.717, 1.165) is 116 Å². The van der Waals surface area contributed by atoms with E-state index in [2.05, 4.69) is 67.0 Å². The van der Waals surface area contributed by atoms with Crippen molar-refractivity contribution in [1.82, 2.24) is 16.0 Å². The minimum Gasteiger partial charge on any atom is -0.467 e. The van der Waals surface area contributed by atoms with Gasteiger partial charge in [-0.05, 0) is 38.5 Å². The number of aliphatic hydroxyl groups is 1. The summed E-state index contributed by atoms with van der Waals surface area (Å²) in [6.07, 6.45) is 58.8. The van der Waals surface area contributed by atoms with Gasteiger partial charge in [-0.25, -0.2) is 4.79 Å². The molecule has 0 bridgehead atoms. The Morgan fingerprint density at radius 2 is 0.663 bits per heavy atom. The van der Waals surface area contributed by atoms with Crippen LogP contribution in [0.4, 0.5) is 0 Å². The fourth-order valence-corrected chi connectivity index (χ4v) is 14.2. The average molecular weight is 1410 g/mol. The number of aliphatic hydroxyl groups excluding tert-OH is 1. The predicted octanol–water partition coefficient (Wildman–Crippen LogP) is 21.0. The van der Waals surface area contributed by atoms with Crippen LogP contribution in [-0.4, -0.2) is 124 Å². The molecule has 3 amide bonds. The van der Waals surface area contributed by atoms with Gasteiger partial charge in [0.1, 0.15) is 18.2 Å². The number of methoxy groups -OCH3 is 1. The van der Waals surface area contributed by atoms with Crippen molar-refractivity contribution < 1.29 is 57.2 Å². The van der Waals surface area contributed by atoms with Crippen LogP contribution in [0.15, 0.2) is 0 Å². The van der Waals surface area contributed by atoms with Gasteiger partial charge in [0.2, 0.25) is 17.7 Å². The van der Waals surface area contributed by atoms with Crippen molar-refractivity contribution in [2.24, 2.45) is 0 Å². The molecule has 1 aliphatic rings. The molecule has 0 spiro atoms. The van der Waals surface area contributed by atoms with Crippen LogP contribution in [-0.2, 0) is 52.1 Å². The Morgan fingerprint density at radius 3 is 0.949 bits per heavy atom. The monoisotopic (exact) mass is 1410 g/mol. The van der Waals surface area contributed by atoms with Crippen LogP contribution in [0.2, 0.25) is 0 Å². The number of rotatable bonds is 75. The van der Waals surface area contributed by atoms with E-state index < -0.39 is 49.2 Å². The first-order chi connectivity index (χ1) is 48.0. The van der Waals surface area contributed by atoms with E-state index in [9.17, 15) is 24.3 Å². The summed E-state index contributed by atoms with van der Waals surface area (Å²) in [6.45, 7) is 14.3.